The molecule has 0 N–H and O–H groups in total. The Morgan fingerprint density at radius 3 is 1.80 bits per heavy atom. The van der Waals surface area contributed by atoms with Gasteiger partial charge in [-0.15, -0.1) is 11.8 Å². The van der Waals surface area contributed by atoms with Crippen LogP contribution in [0.25, 0.3) is 0 Å². The summed E-state index contributed by atoms with van der Waals surface area (Å²) in [6.07, 6.45) is 0. The molecule has 0 heterocycles. The van der Waals surface area contributed by atoms with Gasteiger partial charge < -0.3 is 4.74 Å². The molecule has 0 spiro atoms. The molecular formula is C8H14O2. The van der Waals surface area contributed by atoms with Crippen molar-refractivity contribution >= 4 is 5.97 Å². The van der Waals surface area contributed by atoms with Crippen LogP contribution in [0.1, 0.15) is 27.7 Å². The number of rotatable bonds is 1. The van der Waals surface area contributed by atoms with Crippen LogP contribution >= 0.6 is 0 Å². The topological polar surface area (TPSA) is 26.3 Å². The number of esters is 1. The summed E-state index contributed by atoms with van der Waals surface area (Å²) in [5.74, 6) is 5.15. The van der Waals surface area contributed by atoms with Gasteiger partial charge in [0.15, 0.2) is 0 Å². The van der Waals surface area contributed by atoms with Crippen LogP contribution in [0.4, 0.5) is 0 Å². The lowest BCUT2D eigenvalue weighted by Crippen LogP contribution is -1.95. The van der Waals surface area contributed by atoms with Crippen LogP contribution < -0.4 is 0 Å². The monoisotopic (exact) mass is 142 g/mol. The minimum Gasteiger partial charge on any atom is -0.466 e. The molecule has 2 nitrogen and oxygen atoms in total. The molecule has 0 aliphatic heterocycles. The van der Waals surface area contributed by atoms with Crippen molar-refractivity contribution in [1.29, 1.82) is 0 Å². The summed E-state index contributed by atoms with van der Waals surface area (Å²) in [7, 11) is 0. The van der Waals surface area contributed by atoms with Gasteiger partial charge in [-0.25, -0.2) is 0 Å². The highest BCUT2D eigenvalue weighted by Crippen LogP contribution is 1.69. The van der Waals surface area contributed by atoms with Gasteiger partial charge in [-0.2, -0.15) is 0 Å². The Kier molecular flexibility index (Phi) is 12.9. The van der Waals surface area contributed by atoms with Crippen LogP contribution in [0.2, 0.25) is 0 Å². The predicted molar refractivity (Wildman–Crippen MR) is 41.4 cm³/mol. The zero-order valence-corrected chi connectivity index (χ0v) is 7.02. The van der Waals surface area contributed by atoms with Gasteiger partial charge in [-0.1, -0.05) is 0 Å². The van der Waals surface area contributed by atoms with Crippen molar-refractivity contribution in [1.82, 2.24) is 0 Å². The first-order chi connectivity index (χ1) is 4.68. The Hall–Kier alpha value is -0.970. The van der Waals surface area contributed by atoms with Gasteiger partial charge in [-0.05, 0) is 20.8 Å². The van der Waals surface area contributed by atoms with Gasteiger partial charge >= 0.3 is 5.97 Å². The van der Waals surface area contributed by atoms with Gasteiger partial charge in [-0.3, -0.25) is 4.79 Å². The molecular weight excluding hydrogens is 128 g/mol. The van der Waals surface area contributed by atoms with Crippen molar-refractivity contribution in [2.45, 2.75) is 27.7 Å². The lowest BCUT2D eigenvalue weighted by Gasteiger charge is -1.89. The number of carbonyl (C=O) groups is 1. The summed E-state index contributed by atoms with van der Waals surface area (Å²) in [6, 6.07) is 0. The Bertz CT molecular complexity index is 122. The fourth-order valence-electron chi connectivity index (χ4n) is 0.203. The second-order valence-electron chi connectivity index (χ2n) is 1.42. The zero-order chi connectivity index (χ0) is 8.41. The smallest absolute Gasteiger partial charge is 0.302 e. The summed E-state index contributed by atoms with van der Waals surface area (Å²) < 4.78 is 4.40. The highest BCUT2D eigenvalue weighted by molar-refractivity contribution is 5.65. The first-order valence-corrected chi connectivity index (χ1v) is 3.15. The Morgan fingerprint density at radius 1 is 1.40 bits per heavy atom. The summed E-state index contributed by atoms with van der Waals surface area (Å²) in [5, 5.41) is 0. The van der Waals surface area contributed by atoms with E-state index in [2.05, 4.69) is 16.6 Å². The van der Waals surface area contributed by atoms with E-state index in [1.807, 2.05) is 13.8 Å². The average Bonchev–Trinajstić information content (AvgIpc) is 1.89. The van der Waals surface area contributed by atoms with Crippen LogP contribution in [0, 0.1) is 11.8 Å². The van der Waals surface area contributed by atoms with E-state index in [4.69, 9.17) is 0 Å². The van der Waals surface area contributed by atoms with Crippen LogP contribution in [-0.2, 0) is 9.53 Å². The molecule has 0 rings (SSSR count). The molecule has 0 saturated heterocycles. The van der Waals surface area contributed by atoms with Gasteiger partial charge in [0.05, 0.1) is 6.61 Å². The lowest BCUT2D eigenvalue weighted by atomic mass is 10.7. The molecule has 0 fully saturated rings. The van der Waals surface area contributed by atoms with Gasteiger partial charge in [0, 0.05) is 6.92 Å². The molecule has 0 unspecified atom stereocenters. The molecule has 0 aliphatic carbocycles. The molecule has 0 radical (unpaired) electrons. The molecule has 10 heavy (non-hydrogen) atoms. The molecule has 0 aliphatic rings. The highest BCUT2D eigenvalue weighted by atomic mass is 16.5. The number of ether oxygens (including phenoxy) is 1. The Morgan fingerprint density at radius 2 is 1.80 bits per heavy atom. The average molecular weight is 142 g/mol. The van der Waals surface area contributed by atoms with Crippen molar-refractivity contribution in [3.8, 4) is 11.8 Å². The molecule has 0 atom stereocenters. The van der Waals surface area contributed by atoms with E-state index in [1.165, 1.54) is 6.92 Å². The summed E-state index contributed by atoms with van der Waals surface area (Å²) in [6.45, 7) is 7.29. The fourth-order valence-corrected chi connectivity index (χ4v) is 0.203. The van der Waals surface area contributed by atoms with Gasteiger partial charge in [0.1, 0.15) is 0 Å². The third kappa shape index (κ3) is 27.8. The van der Waals surface area contributed by atoms with E-state index in [-0.39, 0.29) is 5.97 Å². The van der Waals surface area contributed by atoms with Crippen molar-refractivity contribution in [3.63, 3.8) is 0 Å². The zero-order valence-electron chi connectivity index (χ0n) is 7.02. The van der Waals surface area contributed by atoms with E-state index in [9.17, 15) is 4.79 Å². The minimum absolute atomic E-state index is 0.211. The molecule has 58 valence electrons. The predicted octanol–water partition coefficient (Wildman–Crippen LogP) is 1.60. The standard InChI is InChI=1S/C4H8O2.C4H6/c1-3-6-4(2)5;1-3-4-2/h3H2,1-2H3;1-2H3. The van der Waals surface area contributed by atoms with Crippen molar-refractivity contribution < 1.29 is 9.53 Å². The maximum Gasteiger partial charge on any atom is 0.302 e. The maximum absolute atomic E-state index is 9.82. The van der Waals surface area contributed by atoms with Crippen LogP contribution in [0.15, 0.2) is 0 Å². The Balaban J connectivity index is 0. The lowest BCUT2D eigenvalue weighted by molar-refractivity contribution is -0.140. The number of carbonyl (C=O) groups excluding carboxylic acids is 1. The SMILES string of the molecule is CC#CC.CCOC(C)=O. The highest BCUT2D eigenvalue weighted by Gasteiger charge is 1.81. The summed E-state index contributed by atoms with van der Waals surface area (Å²) in [5.41, 5.74) is 0. The molecule has 0 amide bonds. The molecule has 2 heteroatoms. The first kappa shape index (κ1) is 11.8. The van der Waals surface area contributed by atoms with E-state index >= 15 is 0 Å². The van der Waals surface area contributed by atoms with Crippen molar-refractivity contribution in [3.05, 3.63) is 0 Å². The fraction of sp³-hybridized carbons (Fsp3) is 0.625. The molecule has 0 aromatic carbocycles. The second-order valence-corrected chi connectivity index (χ2v) is 1.42. The normalized spacial score (nSPS) is 6.00. The summed E-state index contributed by atoms with van der Waals surface area (Å²) in [4.78, 5) is 9.82. The van der Waals surface area contributed by atoms with Crippen LogP contribution in [-0.4, -0.2) is 12.6 Å². The molecule has 0 aromatic heterocycles. The largest absolute Gasteiger partial charge is 0.466 e. The van der Waals surface area contributed by atoms with Crippen LogP contribution in [0.3, 0.4) is 0 Å². The first-order valence-electron chi connectivity index (χ1n) is 3.15. The van der Waals surface area contributed by atoms with Crippen LogP contribution in [0.5, 0.6) is 0 Å². The third-order valence-corrected chi connectivity index (χ3v) is 0.598. The van der Waals surface area contributed by atoms with Crippen molar-refractivity contribution in [2.75, 3.05) is 6.61 Å². The van der Waals surface area contributed by atoms with E-state index in [0.717, 1.165) is 0 Å². The van der Waals surface area contributed by atoms with E-state index < -0.39 is 0 Å². The Labute approximate surface area is 62.6 Å². The van der Waals surface area contributed by atoms with Crippen molar-refractivity contribution in [2.24, 2.45) is 0 Å². The second kappa shape index (κ2) is 10.9. The van der Waals surface area contributed by atoms with E-state index in [1.54, 1.807) is 6.92 Å². The number of hydrogen-bond donors (Lipinski definition) is 0. The minimum atomic E-state index is -0.211. The van der Waals surface area contributed by atoms with Gasteiger partial charge in [0.2, 0.25) is 0 Å². The molecule has 0 saturated carbocycles. The maximum atomic E-state index is 9.82. The molecule has 0 aromatic rings. The third-order valence-electron chi connectivity index (χ3n) is 0.598. The molecule has 0 bridgehead atoms. The van der Waals surface area contributed by atoms with E-state index in [0.29, 0.717) is 6.61 Å². The quantitative estimate of drug-likeness (QED) is 0.410. The summed E-state index contributed by atoms with van der Waals surface area (Å²) >= 11 is 0. The number of hydrogen-bond acceptors (Lipinski definition) is 2. The van der Waals surface area contributed by atoms with Gasteiger partial charge in [0.25, 0.3) is 0 Å².